The zero-order chi connectivity index (χ0) is 90.2. The Bertz CT molecular complexity index is 5700. The topological polar surface area (TPSA) is 315 Å². The normalized spacial score (nSPS) is 15.3. The largest absolute Gasteiger partial charge is 0.443 e. The Labute approximate surface area is 752 Å². The molecular formula is C96H120BrN23O7. The Morgan fingerprint density at radius 1 is 0.449 bits per heavy atom. The Hall–Kier alpha value is -12.9. The van der Waals surface area contributed by atoms with Crippen molar-refractivity contribution in [2.75, 3.05) is 134 Å². The molecule has 31 heteroatoms. The molecule has 0 bridgehead atoms. The number of aryl methyl sites for hydroxylation is 5. The smallest absolute Gasteiger partial charge is 0.416 e. The summed E-state index contributed by atoms with van der Waals surface area (Å²) in [7, 11) is 7.39. The minimum Gasteiger partial charge on any atom is -0.443 e. The number of nitrogens with zero attached hydrogens (tertiary/aromatic N) is 18. The number of aromatic nitrogens is 10. The van der Waals surface area contributed by atoms with E-state index in [1.807, 2.05) is 202 Å². The van der Waals surface area contributed by atoms with Gasteiger partial charge in [0.05, 0.1) is 56.4 Å². The van der Waals surface area contributed by atoms with Gasteiger partial charge >= 0.3 is 12.1 Å². The van der Waals surface area contributed by atoms with Crippen LogP contribution in [0.3, 0.4) is 0 Å². The number of amides is 7. The fourth-order valence-corrected chi connectivity index (χ4v) is 17.2. The number of carbonyl (C=O) groups is 6. The standard InChI is InChI=1S/C27H32N6O2.C16H18N4O.C15H17N5O.C11H17N3O2.C11H17N.C10H10BrNO.C6H9N3/c1-18(2)8-9-19-6-4-5-7-23(19)28-27(35)29-24-17-25-32(14-15-33(25)30-24)21-10-11-22-20(16-21)12-13-31(3)26(22)34;1-11-9-15-19(7-8-20(15)17-11)13-3-4-14-12(10-13)5-6-18(2)16(14)21;1-18-5-4-10-8-11(2-3-12(10)15(18)21)19-6-7-20-14(19)9-13(16)17-20;1-8-7-9-13(5-6-14(9)12-8)10(15)16-11(2,3)4;1-9(2)7-8-10-5-3-4-6-11(10)12;1-12-5-4-7-6-8(11)2-3-9(7)10(12)13;1-5-4-6-7-2-3-9(6)8-5/h4-7,10-11,16-18H,8-9,12-15H2,1-3H3,(H2,28,29,30,35);3-4,9-10H,5-8H2,1-2H3;2-3,8-9H,4-7H2,1H3,(H2,16,17);7H,5-6H2,1-4H3;3-6,9H,7-8,12H2,1-2H3;2-3,6H,4-5H2,1H3;4,7H,2-3H2,1H3. The summed E-state index contributed by atoms with van der Waals surface area (Å²) >= 11 is 3.40. The maximum absolute atomic E-state index is 12.7. The molecule has 7 N–H and O–H groups in total. The van der Waals surface area contributed by atoms with Crippen LogP contribution in [-0.4, -0.2) is 197 Å². The van der Waals surface area contributed by atoms with E-state index < -0.39 is 5.60 Å². The number of nitrogens with two attached hydrogens (primary N) is 2. The van der Waals surface area contributed by atoms with E-state index in [2.05, 4.69) is 142 Å². The molecule has 0 unspecified atom stereocenters. The minimum absolute atomic E-state index is 0.0764. The van der Waals surface area contributed by atoms with E-state index in [1.165, 1.54) is 12.0 Å². The third kappa shape index (κ3) is 21.6. The number of nitrogens with one attached hydrogen (secondary N) is 3. The van der Waals surface area contributed by atoms with Gasteiger partial charge < -0.3 is 61.1 Å². The SMILES string of the molecule is CC(C)CCc1ccccc1N.CC(C)CCc1ccccc1NC(=O)Nc1cc2n(n1)CCN2c1ccc2c(c1)CCN(C)C2=O.CN1CCc2cc(Br)ccc2C1=O.CN1CCc2cc(N3CCn4nc(N)cc43)ccc2C1=O.Cc1cc2n(n1)CCN2.Cc1cc2n(n1)CCN2C(=O)OC(C)(C)C.Cc1cc2n(n1)CCN2c1ccc2c(c1)CCN(C)C2=O. The highest BCUT2D eigenvalue weighted by Crippen LogP contribution is 2.38. The van der Waals surface area contributed by atoms with Crippen molar-refractivity contribution in [3.05, 3.63) is 229 Å². The van der Waals surface area contributed by atoms with Crippen molar-refractivity contribution in [2.24, 2.45) is 11.8 Å². The van der Waals surface area contributed by atoms with E-state index in [9.17, 15) is 28.8 Å². The molecule has 7 amide bonds. The summed E-state index contributed by atoms with van der Waals surface area (Å²) in [5, 5.41) is 31.0. The molecule has 0 spiro atoms. The minimum atomic E-state index is -0.459. The van der Waals surface area contributed by atoms with E-state index in [1.54, 1.807) is 24.5 Å². The molecule has 0 saturated heterocycles. The van der Waals surface area contributed by atoms with E-state index in [0.717, 1.165) is 265 Å². The number of fused-ring (bicyclic) bond motifs is 9. The highest BCUT2D eigenvalue weighted by molar-refractivity contribution is 9.10. The van der Waals surface area contributed by atoms with Crippen molar-refractivity contribution in [1.29, 1.82) is 0 Å². The van der Waals surface area contributed by atoms with Crippen LogP contribution in [0.1, 0.15) is 153 Å². The lowest BCUT2D eigenvalue weighted by atomic mass is 9.98. The van der Waals surface area contributed by atoms with Crippen LogP contribution in [-0.2, 0) is 76.0 Å². The first-order valence-corrected chi connectivity index (χ1v) is 44.9. The summed E-state index contributed by atoms with van der Waals surface area (Å²) in [4.78, 5) is 88.4. The molecule has 9 aliphatic heterocycles. The second kappa shape index (κ2) is 39.3. The van der Waals surface area contributed by atoms with E-state index in [-0.39, 0.29) is 35.8 Å². The number of para-hydroxylation sites is 2. The van der Waals surface area contributed by atoms with Crippen molar-refractivity contribution in [3.8, 4) is 0 Å². The van der Waals surface area contributed by atoms with Crippen LogP contribution < -0.4 is 47.0 Å². The van der Waals surface area contributed by atoms with Gasteiger partial charge in [0, 0.05) is 166 Å². The molecule has 5 aromatic heterocycles. The summed E-state index contributed by atoms with van der Waals surface area (Å²) in [5.41, 5.74) is 29.4. The second-order valence-corrected chi connectivity index (χ2v) is 36.4. The molecule has 0 aliphatic carbocycles. The molecular weight excluding hydrogens is 1670 g/mol. The number of hydrogen-bond donors (Lipinski definition) is 5. The maximum atomic E-state index is 12.7. The average Bonchev–Trinajstić information content (AvgIpc) is 1.68. The zero-order valence-corrected chi connectivity index (χ0v) is 77.2. The number of halogens is 1. The lowest BCUT2D eigenvalue weighted by Gasteiger charge is -2.26. The number of hydrogen-bond acceptors (Lipinski definition) is 18. The molecule has 11 aromatic rings. The van der Waals surface area contributed by atoms with Gasteiger partial charge in [-0.05, 0) is 223 Å². The van der Waals surface area contributed by atoms with Gasteiger partial charge in [-0.25, -0.2) is 33.0 Å². The van der Waals surface area contributed by atoms with Crippen molar-refractivity contribution < 1.29 is 33.5 Å². The molecule has 6 aromatic carbocycles. The third-order valence-corrected chi connectivity index (χ3v) is 24.2. The predicted molar refractivity (Wildman–Crippen MR) is 505 cm³/mol. The van der Waals surface area contributed by atoms with Gasteiger partial charge in [-0.2, -0.15) is 25.5 Å². The van der Waals surface area contributed by atoms with E-state index in [0.29, 0.717) is 24.1 Å². The van der Waals surface area contributed by atoms with Crippen LogP contribution in [0, 0.1) is 32.6 Å². The molecule has 0 fully saturated rings. The lowest BCUT2D eigenvalue weighted by molar-refractivity contribution is 0.0582. The molecule has 20 rings (SSSR count). The zero-order valence-electron chi connectivity index (χ0n) is 75.6. The van der Waals surface area contributed by atoms with Crippen LogP contribution >= 0.6 is 15.9 Å². The number of benzene rings is 6. The lowest BCUT2D eigenvalue weighted by Crippen LogP contribution is -2.35. The summed E-state index contributed by atoms with van der Waals surface area (Å²) in [6, 6.07) is 49.7. The van der Waals surface area contributed by atoms with Crippen molar-refractivity contribution in [2.45, 2.75) is 159 Å². The van der Waals surface area contributed by atoms with Gasteiger partial charge in [-0.3, -0.25) is 29.4 Å². The highest BCUT2D eigenvalue weighted by Gasteiger charge is 2.34. The number of rotatable bonds is 11. The first-order chi connectivity index (χ1) is 60.8. The van der Waals surface area contributed by atoms with Gasteiger partial charge in [0.15, 0.2) is 5.82 Å². The Morgan fingerprint density at radius 2 is 0.866 bits per heavy atom. The predicted octanol–water partition coefficient (Wildman–Crippen LogP) is 15.6. The number of carbonyl (C=O) groups excluding carboxylic acids is 6. The molecule has 30 nitrogen and oxygen atoms in total. The Balaban J connectivity index is 0.000000125. The van der Waals surface area contributed by atoms with Crippen LogP contribution in [0.25, 0.3) is 0 Å². The van der Waals surface area contributed by atoms with Gasteiger partial charge in [-0.1, -0.05) is 80.0 Å². The van der Waals surface area contributed by atoms with Crippen LogP contribution in [0.15, 0.2) is 156 Å². The molecule has 0 saturated carbocycles. The summed E-state index contributed by atoms with van der Waals surface area (Å²) in [5.74, 6) is 7.94. The van der Waals surface area contributed by atoms with Crippen molar-refractivity contribution >= 4 is 121 Å². The van der Waals surface area contributed by atoms with Gasteiger partial charge in [-0.15, -0.1) is 0 Å². The third-order valence-electron chi connectivity index (χ3n) is 23.7. The molecule has 0 radical (unpaired) electrons. The van der Waals surface area contributed by atoms with Crippen LogP contribution in [0.2, 0.25) is 0 Å². The highest BCUT2D eigenvalue weighted by atomic mass is 79.9. The van der Waals surface area contributed by atoms with E-state index >= 15 is 0 Å². The average molecular weight is 1790 g/mol. The Kier molecular flexibility index (Phi) is 28.0. The fraction of sp³-hybridized carbons (Fsp3) is 0.406. The number of likely N-dealkylation sites (N-methyl/N-ethyl adjacent to an activating group) is 4. The summed E-state index contributed by atoms with van der Waals surface area (Å²) < 4.78 is 16.1. The number of anilines is 12. The van der Waals surface area contributed by atoms with E-state index in [4.69, 9.17) is 16.2 Å². The number of urea groups is 1. The number of nitrogen functional groups attached to an aromatic ring is 2. The summed E-state index contributed by atoms with van der Waals surface area (Å²) in [6.07, 6.45) is 7.64. The summed E-state index contributed by atoms with van der Waals surface area (Å²) in [6.45, 7) is 32.1. The number of ether oxygens (including phenoxy) is 1. The molecule has 9 aliphatic rings. The Morgan fingerprint density at radius 3 is 1.37 bits per heavy atom. The quantitative estimate of drug-likeness (QED) is 0.0751. The van der Waals surface area contributed by atoms with Gasteiger partial charge in [0.1, 0.15) is 40.5 Å². The second-order valence-electron chi connectivity index (χ2n) is 35.4. The van der Waals surface area contributed by atoms with Gasteiger partial charge in [0.25, 0.3) is 23.6 Å². The van der Waals surface area contributed by atoms with Gasteiger partial charge in [0.2, 0.25) is 0 Å². The monoisotopic (exact) mass is 1790 g/mol. The molecule has 127 heavy (non-hydrogen) atoms. The van der Waals surface area contributed by atoms with Crippen LogP contribution in [0.5, 0.6) is 0 Å². The first kappa shape index (κ1) is 90.3. The van der Waals surface area contributed by atoms with Crippen molar-refractivity contribution in [1.82, 2.24) is 68.5 Å². The fourth-order valence-electron chi connectivity index (χ4n) is 16.8. The molecule has 668 valence electrons. The molecule has 0 atom stereocenters. The first-order valence-electron chi connectivity index (χ1n) is 44.1. The maximum Gasteiger partial charge on any atom is 0.416 e. The van der Waals surface area contributed by atoms with Crippen molar-refractivity contribution in [3.63, 3.8) is 0 Å². The molecule has 14 heterocycles. The van der Waals surface area contributed by atoms with Crippen LogP contribution in [0.4, 0.5) is 78.8 Å².